The molecule has 1 unspecified atom stereocenters. The number of nitrogens with zero attached hydrogens (tertiary/aromatic N) is 1. The van der Waals surface area contributed by atoms with Gasteiger partial charge in [-0.15, -0.1) is 0 Å². The van der Waals surface area contributed by atoms with E-state index in [1.807, 2.05) is 0 Å². The summed E-state index contributed by atoms with van der Waals surface area (Å²) in [5.74, 6) is -2.99. The molecule has 1 fully saturated rings. The van der Waals surface area contributed by atoms with Crippen molar-refractivity contribution in [3.05, 3.63) is 0 Å². The molecule has 1 aliphatic heterocycles. The van der Waals surface area contributed by atoms with Crippen LogP contribution in [0.25, 0.3) is 0 Å². The molecule has 1 rings (SSSR count). The number of hydrogen-bond donors (Lipinski definition) is 0. The summed E-state index contributed by atoms with van der Waals surface area (Å²) in [6.45, 7) is 1.47. The Hall–Kier alpha value is -0.710. The van der Waals surface area contributed by atoms with E-state index in [4.69, 9.17) is 0 Å². The number of methoxy groups -OCH3 is 1. The van der Waals surface area contributed by atoms with Gasteiger partial charge >= 0.3 is 0 Å². The molecule has 1 atom stereocenters. The van der Waals surface area contributed by atoms with Crippen molar-refractivity contribution in [2.24, 2.45) is 0 Å². The number of carbonyl (C=O) groups is 1. The molecule has 0 saturated carbocycles. The number of ether oxygens (including phenoxy) is 1. The predicted octanol–water partition coefficient (Wildman–Crippen LogP) is 0.889. The number of rotatable bonds is 1. The van der Waals surface area contributed by atoms with Gasteiger partial charge in [0.25, 0.3) is 5.92 Å². The highest BCUT2D eigenvalue weighted by molar-refractivity contribution is 5.73. The van der Waals surface area contributed by atoms with Gasteiger partial charge in [0, 0.05) is 27.0 Å². The Bertz CT molecular complexity index is 208. The highest BCUT2D eigenvalue weighted by atomic mass is 19.3. The van der Waals surface area contributed by atoms with Gasteiger partial charge in [-0.2, -0.15) is 0 Å². The molecule has 0 aliphatic carbocycles. The average molecular weight is 193 g/mol. The van der Waals surface area contributed by atoms with Crippen molar-refractivity contribution in [3.8, 4) is 0 Å². The first-order chi connectivity index (χ1) is 5.97. The molecule has 3 nitrogen and oxygen atoms in total. The second-order valence-corrected chi connectivity index (χ2v) is 3.20. The van der Waals surface area contributed by atoms with Crippen LogP contribution >= 0.6 is 0 Å². The quantitative estimate of drug-likeness (QED) is 0.619. The molecule has 0 radical (unpaired) electrons. The lowest BCUT2D eigenvalue weighted by molar-refractivity contribution is -0.168. The zero-order valence-electron chi connectivity index (χ0n) is 7.72. The summed E-state index contributed by atoms with van der Waals surface area (Å²) in [6.07, 6.45) is -1.48. The number of alkyl halides is 2. The molecule has 0 N–H and O–H groups in total. The van der Waals surface area contributed by atoms with Crippen LogP contribution in [-0.2, 0) is 9.53 Å². The number of hydrogen-bond acceptors (Lipinski definition) is 2. The summed E-state index contributed by atoms with van der Waals surface area (Å²) >= 11 is 0. The molecule has 1 saturated heterocycles. The van der Waals surface area contributed by atoms with Crippen LogP contribution in [0.2, 0.25) is 0 Å². The zero-order chi connectivity index (χ0) is 10.1. The Balaban J connectivity index is 2.63. The van der Waals surface area contributed by atoms with Crippen molar-refractivity contribution in [1.82, 2.24) is 4.90 Å². The predicted molar refractivity (Wildman–Crippen MR) is 42.6 cm³/mol. The van der Waals surface area contributed by atoms with Crippen LogP contribution in [0.5, 0.6) is 0 Å². The highest BCUT2D eigenvalue weighted by Gasteiger charge is 2.44. The second-order valence-electron chi connectivity index (χ2n) is 3.20. The Morgan fingerprint density at radius 3 is 2.69 bits per heavy atom. The molecule has 13 heavy (non-hydrogen) atoms. The van der Waals surface area contributed by atoms with Crippen LogP contribution in [-0.4, -0.2) is 43.0 Å². The Kier molecular flexibility index (Phi) is 2.85. The zero-order valence-corrected chi connectivity index (χ0v) is 7.72. The summed E-state index contributed by atoms with van der Waals surface area (Å²) in [5, 5.41) is 0. The first-order valence-corrected chi connectivity index (χ1v) is 4.13. The third kappa shape index (κ3) is 2.15. The minimum absolute atomic E-state index is 0.0150. The fraction of sp³-hybridized carbons (Fsp3) is 0.875. The van der Waals surface area contributed by atoms with Crippen molar-refractivity contribution in [1.29, 1.82) is 0 Å². The number of piperidine rings is 1. The van der Waals surface area contributed by atoms with Crippen LogP contribution in [0.3, 0.4) is 0 Å². The molecule has 5 heteroatoms. The van der Waals surface area contributed by atoms with Gasteiger partial charge in [-0.3, -0.25) is 4.79 Å². The summed E-state index contributed by atoms with van der Waals surface area (Å²) in [4.78, 5) is 12.3. The van der Waals surface area contributed by atoms with Gasteiger partial charge in [-0.1, -0.05) is 0 Å². The SMILES string of the molecule is COC1CN(C(C)=O)CCC1(F)F. The van der Waals surface area contributed by atoms with Gasteiger partial charge in [0.1, 0.15) is 6.10 Å². The molecule has 0 aromatic carbocycles. The van der Waals surface area contributed by atoms with Crippen LogP contribution in [0.1, 0.15) is 13.3 Å². The molecular formula is C8H13F2NO2. The number of carbonyl (C=O) groups excluding carboxylic acids is 1. The smallest absolute Gasteiger partial charge is 0.277 e. The minimum atomic E-state index is -2.80. The lowest BCUT2D eigenvalue weighted by Crippen LogP contribution is -2.52. The van der Waals surface area contributed by atoms with Crippen molar-refractivity contribution in [2.45, 2.75) is 25.4 Å². The summed E-state index contributed by atoms with van der Waals surface area (Å²) in [7, 11) is 1.24. The van der Waals surface area contributed by atoms with E-state index in [1.165, 1.54) is 18.9 Å². The third-order valence-corrected chi connectivity index (χ3v) is 2.30. The van der Waals surface area contributed by atoms with E-state index in [0.717, 1.165) is 0 Å². The number of amides is 1. The molecule has 0 aromatic heterocycles. The van der Waals surface area contributed by atoms with Gasteiger partial charge in [-0.25, -0.2) is 8.78 Å². The van der Waals surface area contributed by atoms with Gasteiger partial charge < -0.3 is 9.64 Å². The van der Waals surface area contributed by atoms with Crippen LogP contribution in [0, 0.1) is 0 Å². The molecule has 1 aliphatic rings. The number of likely N-dealkylation sites (tertiary alicyclic amines) is 1. The Morgan fingerprint density at radius 1 is 1.62 bits per heavy atom. The molecule has 0 aromatic rings. The van der Waals surface area contributed by atoms with Crippen molar-refractivity contribution in [2.75, 3.05) is 20.2 Å². The Morgan fingerprint density at radius 2 is 2.23 bits per heavy atom. The summed E-state index contributed by atoms with van der Waals surface area (Å²) < 4.78 is 30.7. The topological polar surface area (TPSA) is 29.5 Å². The maximum atomic E-state index is 13.0. The average Bonchev–Trinajstić information content (AvgIpc) is 2.03. The molecule has 76 valence electrons. The minimum Gasteiger partial charge on any atom is -0.373 e. The summed E-state index contributed by atoms with van der Waals surface area (Å²) in [6, 6.07) is 0. The first kappa shape index (κ1) is 10.4. The maximum Gasteiger partial charge on any atom is 0.277 e. The monoisotopic (exact) mass is 193 g/mol. The van der Waals surface area contributed by atoms with Crippen LogP contribution < -0.4 is 0 Å². The largest absolute Gasteiger partial charge is 0.373 e. The third-order valence-electron chi connectivity index (χ3n) is 2.30. The van der Waals surface area contributed by atoms with E-state index in [9.17, 15) is 13.6 Å². The van der Waals surface area contributed by atoms with E-state index in [0.29, 0.717) is 0 Å². The van der Waals surface area contributed by atoms with Gasteiger partial charge in [-0.05, 0) is 0 Å². The van der Waals surface area contributed by atoms with Crippen molar-refractivity contribution in [3.63, 3.8) is 0 Å². The van der Waals surface area contributed by atoms with E-state index in [2.05, 4.69) is 4.74 Å². The molecule has 0 spiro atoms. The fourth-order valence-electron chi connectivity index (χ4n) is 1.40. The van der Waals surface area contributed by atoms with Crippen molar-refractivity contribution >= 4 is 5.91 Å². The summed E-state index contributed by atoms with van der Waals surface area (Å²) in [5.41, 5.74) is 0. The Labute approximate surface area is 75.7 Å². The second kappa shape index (κ2) is 3.57. The van der Waals surface area contributed by atoms with Crippen LogP contribution in [0.15, 0.2) is 0 Å². The maximum absolute atomic E-state index is 13.0. The van der Waals surface area contributed by atoms with Crippen LogP contribution in [0.4, 0.5) is 8.78 Å². The lowest BCUT2D eigenvalue weighted by atomic mass is 10.0. The highest BCUT2D eigenvalue weighted by Crippen LogP contribution is 2.29. The van der Waals surface area contributed by atoms with E-state index >= 15 is 0 Å². The molecule has 0 bridgehead atoms. The lowest BCUT2D eigenvalue weighted by Gasteiger charge is -2.36. The first-order valence-electron chi connectivity index (χ1n) is 4.13. The van der Waals surface area contributed by atoms with Crippen molar-refractivity contribution < 1.29 is 18.3 Å². The molecule has 1 heterocycles. The van der Waals surface area contributed by atoms with E-state index < -0.39 is 12.0 Å². The molecular weight excluding hydrogens is 180 g/mol. The van der Waals surface area contributed by atoms with Gasteiger partial charge in [0.05, 0.1) is 6.54 Å². The van der Waals surface area contributed by atoms with E-state index in [1.54, 1.807) is 0 Å². The molecule has 1 amide bonds. The van der Waals surface area contributed by atoms with E-state index in [-0.39, 0.29) is 25.4 Å². The normalized spacial score (nSPS) is 27.4. The van der Waals surface area contributed by atoms with Gasteiger partial charge in [0.15, 0.2) is 0 Å². The number of halogens is 2. The van der Waals surface area contributed by atoms with Gasteiger partial charge in [0.2, 0.25) is 5.91 Å². The fourth-order valence-corrected chi connectivity index (χ4v) is 1.40. The standard InChI is InChI=1S/C8H13F2NO2/c1-6(12)11-4-3-8(9,10)7(5-11)13-2/h7H,3-5H2,1-2H3.